The van der Waals surface area contributed by atoms with Crippen LogP contribution in [0.5, 0.6) is 0 Å². The van der Waals surface area contributed by atoms with E-state index in [1.54, 1.807) is 33.8 Å². The molecule has 2 aromatic rings. The van der Waals surface area contributed by atoms with Crippen LogP contribution in [0.25, 0.3) is 17.2 Å². The van der Waals surface area contributed by atoms with Crippen molar-refractivity contribution in [3.63, 3.8) is 0 Å². The Labute approximate surface area is 113 Å². The van der Waals surface area contributed by atoms with Gasteiger partial charge in [0.15, 0.2) is 17.6 Å². The van der Waals surface area contributed by atoms with E-state index in [1.165, 1.54) is 0 Å². The average molecular weight is 284 g/mol. The summed E-state index contributed by atoms with van der Waals surface area (Å²) in [4.78, 5) is 11.5. The molecule has 1 N–H and O–H groups in total. The summed E-state index contributed by atoms with van der Waals surface area (Å²) < 4.78 is 39.4. The number of aromatic nitrogens is 2. The second-order valence-corrected chi connectivity index (χ2v) is 4.21. The zero-order valence-electron chi connectivity index (χ0n) is 10.5. The molecule has 0 aliphatic heterocycles. The van der Waals surface area contributed by atoms with Gasteiger partial charge in [0.25, 0.3) is 5.91 Å². The molecule has 4 nitrogen and oxygen atoms in total. The molecular weight excluding hydrogens is 271 g/mol. The molecule has 0 atom stereocenters. The van der Waals surface area contributed by atoms with Gasteiger partial charge in [0.2, 0.25) is 6.33 Å². The first-order valence-corrected chi connectivity index (χ1v) is 5.86. The van der Waals surface area contributed by atoms with Crippen LogP contribution in [0.4, 0.5) is 13.2 Å². The van der Waals surface area contributed by atoms with Crippen LogP contribution in [-0.2, 0) is 11.3 Å². The van der Waals surface area contributed by atoms with Gasteiger partial charge < -0.3 is 5.32 Å². The fourth-order valence-electron chi connectivity index (χ4n) is 1.88. The van der Waals surface area contributed by atoms with Crippen molar-refractivity contribution in [2.24, 2.45) is 0 Å². The van der Waals surface area contributed by atoms with Gasteiger partial charge in [-0.2, -0.15) is 13.2 Å². The number of para-hydroxylation sites is 2. The molecule has 0 aliphatic carbocycles. The van der Waals surface area contributed by atoms with Crippen LogP contribution in [0.15, 0.2) is 37.2 Å². The number of halogens is 3. The lowest BCUT2D eigenvalue weighted by molar-refractivity contribution is -0.658. The molecule has 1 aromatic heterocycles. The minimum atomic E-state index is -4.41. The highest BCUT2D eigenvalue weighted by Gasteiger charge is 2.28. The molecule has 20 heavy (non-hydrogen) atoms. The number of nitrogens with one attached hydrogen (secondary N) is 1. The van der Waals surface area contributed by atoms with Crippen molar-refractivity contribution in [1.29, 1.82) is 0 Å². The smallest absolute Gasteiger partial charge is 0.344 e. The standard InChI is InChI=1S/C13H12F3N3O/c1-2-18-9-19(11-6-4-3-5-10(11)18)7-12(20)17-8-13(14,15)16/h2-6,9H,1,7-8H2/p+1. The second-order valence-electron chi connectivity index (χ2n) is 4.21. The molecule has 0 saturated carbocycles. The fraction of sp³-hybridized carbons (Fsp3) is 0.231. The van der Waals surface area contributed by atoms with Gasteiger partial charge in [0, 0.05) is 0 Å². The Bertz CT molecular complexity index is 646. The lowest BCUT2D eigenvalue weighted by atomic mass is 10.3. The van der Waals surface area contributed by atoms with Crippen LogP contribution in [0.2, 0.25) is 0 Å². The first kappa shape index (κ1) is 14.1. The number of nitrogens with zero attached hydrogens (tertiary/aromatic N) is 2. The Morgan fingerprint density at radius 1 is 1.40 bits per heavy atom. The number of amides is 1. The number of alkyl halides is 3. The van der Waals surface area contributed by atoms with Gasteiger partial charge in [-0.25, -0.2) is 9.13 Å². The van der Waals surface area contributed by atoms with Crippen LogP contribution < -0.4 is 9.88 Å². The average Bonchev–Trinajstić information content (AvgIpc) is 2.74. The maximum Gasteiger partial charge on any atom is 0.405 e. The molecule has 2 rings (SSSR count). The van der Waals surface area contributed by atoms with Crippen molar-refractivity contribution in [2.75, 3.05) is 6.54 Å². The molecule has 0 saturated heterocycles. The largest absolute Gasteiger partial charge is 0.405 e. The molecule has 106 valence electrons. The quantitative estimate of drug-likeness (QED) is 0.853. The number of fused-ring (bicyclic) bond motifs is 1. The predicted octanol–water partition coefficient (Wildman–Crippen LogP) is 1.71. The summed E-state index contributed by atoms with van der Waals surface area (Å²) in [6, 6.07) is 7.24. The third-order valence-electron chi connectivity index (χ3n) is 2.73. The molecule has 0 aliphatic rings. The van der Waals surface area contributed by atoms with Crippen molar-refractivity contribution in [3.05, 3.63) is 37.2 Å². The monoisotopic (exact) mass is 284 g/mol. The summed E-state index contributed by atoms with van der Waals surface area (Å²) in [5, 5.41) is 1.84. The maximum absolute atomic E-state index is 12.0. The van der Waals surface area contributed by atoms with Gasteiger partial charge in [-0.1, -0.05) is 18.7 Å². The van der Waals surface area contributed by atoms with Crippen molar-refractivity contribution in [1.82, 2.24) is 9.88 Å². The first-order chi connectivity index (χ1) is 9.40. The van der Waals surface area contributed by atoms with E-state index in [0.717, 1.165) is 11.0 Å². The van der Waals surface area contributed by atoms with Crippen molar-refractivity contribution in [2.45, 2.75) is 12.7 Å². The zero-order valence-corrected chi connectivity index (χ0v) is 10.5. The van der Waals surface area contributed by atoms with Gasteiger partial charge in [-0.05, 0) is 12.1 Å². The van der Waals surface area contributed by atoms with E-state index in [2.05, 4.69) is 6.58 Å². The minimum absolute atomic E-state index is 0.183. The number of hydrogen-bond donors (Lipinski definition) is 1. The topological polar surface area (TPSA) is 37.9 Å². The Hall–Kier alpha value is -2.31. The number of imidazole rings is 1. The highest BCUT2D eigenvalue weighted by molar-refractivity contribution is 5.77. The number of carbonyl (C=O) groups excluding carboxylic acids is 1. The summed E-state index contributed by atoms with van der Waals surface area (Å²) in [6.07, 6.45) is -1.23. The van der Waals surface area contributed by atoms with E-state index >= 15 is 0 Å². The third-order valence-corrected chi connectivity index (χ3v) is 2.73. The number of rotatable bonds is 4. The lowest BCUT2D eigenvalue weighted by Gasteiger charge is -2.06. The number of carbonyl (C=O) groups is 1. The van der Waals surface area contributed by atoms with Crippen molar-refractivity contribution < 1.29 is 22.5 Å². The van der Waals surface area contributed by atoms with E-state index < -0.39 is 18.6 Å². The summed E-state index contributed by atoms with van der Waals surface area (Å²) in [5.74, 6) is -0.695. The van der Waals surface area contributed by atoms with E-state index in [4.69, 9.17) is 0 Å². The minimum Gasteiger partial charge on any atom is -0.344 e. The highest BCUT2D eigenvalue weighted by Crippen LogP contribution is 2.12. The fourth-order valence-corrected chi connectivity index (χ4v) is 1.88. The Kier molecular flexibility index (Phi) is 3.78. The van der Waals surface area contributed by atoms with Crippen LogP contribution >= 0.6 is 0 Å². The van der Waals surface area contributed by atoms with Crippen LogP contribution in [0.3, 0.4) is 0 Å². The van der Waals surface area contributed by atoms with Crippen molar-refractivity contribution in [3.8, 4) is 0 Å². The predicted molar refractivity (Wildman–Crippen MR) is 67.6 cm³/mol. The second kappa shape index (κ2) is 5.36. The first-order valence-electron chi connectivity index (χ1n) is 5.86. The molecule has 0 bridgehead atoms. The van der Waals surface area contributed by atoms with E-state index in [1.807, 2.05) is 17.4 Å². The summed E-state index contributed by atoms with van der Waals surface area (Å²) in [7, 11) is 0. The Morgan fingerprint density at radius 3 is 2.75 bits per heavy atom. The molecule has 7 heteroatoms. The van der Waals surface area contributed by atoms with E-state index in [-0.39, 0.29) is 6.54 Å². The van der Waals surface area contributed by atoms with Crippen molar-refractivity contribution >= 4 is 23.1 Å². The van der Waals surface area contributed by atoms with Gasteiger partial charge in [-0.15, -0.1) is 0 Å². The van der Waals surface area contributed by atoms with E-state index in [9.17, 15) is 18.0 Å². The number of benzene rings is 1. The summed E-state index contributed by atoms with van der Waals surface area (Å²) >= 11 is 0. The maximum atomic E-state index is 12.0. The van der Waals surface area contributed by atoms with Gasteiger partial charge in [0.05, 0.1) is 6.20 Å². The summed E-state index contributed by atoms with van der Waals surface area (Å²) in [6.45, 7) is 2.13. The van der Waals surface area contributed by atoms with Crippen LogP contribution in [-0.4, -0.2) is 23.2 Å². The normalized spacial score (nSPS) is 11.6. The van der Waals surface area contributed by atoms with Crippen LogP contribution in [0, 0.1) is 0 Å². The molecule has 1 amide bonds. The molecule has 1 aromatic carbocycles. The highest BCUT2D eigenvalue weighted by atomic mass is 19.4. The SMILES string of the molecule is C=Cn1c[n+](CC(=O)NCC(F)(F)F)c2ccccc21. The third kappa shape index (κ3) is 3.17. The zero-order chi connectivity index (χ0) is 14.8. The molecule has 0 unspecified atom stereocenters. The Morgan fingerprint density at radius 2 is 2.10 bits per heavy atom. The van der Waals surface area contributed by atoms with Gasteiger partial charge in [-0.3, -0.25) is 4.79 Å². The van der Waals surface area contributed by atoms with Gasteiger partial charge >= 0.3 is 6.18 Å². The number of hydrogen-bond acceptors (Lipinski definition) is 1. The Balaban J connectivity index is 2.17. The molecule has 1 heterocycles. The molecule has 0 fully saturated rings. The van der Waals surface area contributed by atoms with E-state index in [0.29, 0.717) is 0 Å². The summed E-state index contributed by atoms with van der Waals surface area (Å²) in [5.41, 5.74) is 1.57. The van der Waals surface area contributed by atoms with Crippen LogP contribution in [0.1, 0.15) is 0 Å². The lowest BCUT2D eigenvalue weighted by Crippen LogP contribution is -2.44. The molecular formula is C13H13F3N3O+. The van der Waals surface area contributed by atoms with Gasteiger partial charge in [0.1, 0.15) is 6.54 Å². The molecule has 0 radical (unpaired) electrons. The molecule has 0 spiro atoms.